The van der Waals surface area contributed by atoms with Gasteiger partial charge in [0.15, 0.2) is 6.10 Å². The maximum absolute atomic E-state index is 12.4. The van der Waals surface area contributed by atoms with E-state index in [4.69, 9.17) is 15.2 Å². The topological polar surface area (TPSA) is 73.6 Å². The minimum Gasteiger partial charge on any atom is -0.492 e. The Kier molecular flexibility index (Phi) is 6.28. The number of ether oxygens (including phenoxy) is 2. The number of anilines is 1. The molecule has 1 aliphatic rings. The second-order valence-electron chi connectivity index (χ2n) is 6.01. The summed E-state index contributed by atoms with van der Waals surface area (Å²) in [7, 11) is 0. The molecule has 1 amide bonds. The predicted molar refractivity (Wildman–Crippen MR) is 101 cm³/mol. The molecule has 134 valence electrons. The van der Waals surface area contributed by atoms with Crippen LogP contribution in [0.15, 0.2) is 36.4 Å². The molecule has 0 saturated carbocycles. The zero-order valence-corrected chi connectivity index (χ0v) is 15.2. The average molecular weight is 363 g/mol. The van der Waals surface area contributed by atoms with E-state index in [-0.39, 0.29) is 18.3 Å². The molecular weight excluding hydrogens is 340 g/mol. The summed E-state index contributed by atoms with van der Waals surface area (Å²) >= 11 is 0. The Labute approximate surface area is 153 Å². The fraction of sp³-hybridized carbons (Fsp3) is 0.316. The van der Waals surface area contributed by atoms with Gasteiger partial charge >= 0.3 is 0 Å². The maximum Gasteiger partial charge on any atom is 0.265 e. The highest BCUT2D eigenvalue weighted by Crippen LogP contribution is 2.32. The summed E-state index contributed by atoms with van der Waals surface area (Å²) in [5, 5.41) is 2.89. The molecule has 3 N–H and O–H groups in total. The summed E-state index contributed by atoms with van der Waals surface area (Å²) in [6.07, 6.45) is 0.106. The van der Waals surface area contributed by atoms with E-state index in [1.54, 1.807) is 12.1 Å². The molecule has 25 heavy (non-hydrogen) atoms. The molecule has 0 aliphatic carbocycles. The van der Waals surface area contributed by atoms with E-state index < -0.39 is 6.10 Å². The van der Waals surface area contributed by atoms with Crippen LogP contribution in [-0.4, -0.2) is 25.2 Å². The van der Waals surface area contributed by atoms with Gasteiger partial charge in [0, 0.05) is 18.7 Å². The number of carbonyl (C=O) groups is 1. The Bertz CT molecular complexity index is 716. The Morgan fingerprint density at radius 1 is 1.24 bits per heavy atom. The van der Waals surface area contributed by atoms with Gasteiger partial charge in [0.05, 0.1) is 0 Å². The van der Waals surface area contributed by atoms with Gasteiger partial charge in [-0.15, -0.1) is 12.4 Å². The van der Waals surface area contributed by atoms with E-state index in [0.717, 1.165) is 17.1 Å². The van der Waals surface area contributed by atoms with Crippen molar-refractivity contribution in [1.82, 2.24) is 0 Å². The molecule has 0 fully saturated rings. The smallest absolute Gasteiger partial charge is 0.265 e. The van der Waals surface area contributed by atoms with Crippen molar-refractivity contribution in [3.63, 3.8) is 0 Å². The Morgan fingerprint density at radius 3 is 2.60 bits per heavy atom. The largest absolute Gasteiger partial charge is 0.492 e. The summed E-state index contributed by atoms with van der Waals surface area (Å²) in [5.41, 5.74) is 9.59. The molecular formula is C19H23ClN2O3. The molecule has 6 heteroatoms. The minimum atomic E-state index is -0.491. The molecule has 0 spiro atoms. The van der Waals surface area contributed by atoms with Crippen molar-refractivity contribution in [3.8, 4) is 11.5 Å². The zero-order chi connectivity index (χ0) is 17.1. The van der Waals surface area contributed by atoms with Crippen LogP contribution in [0.2, 0.25) is 0 Å². The molecule has 0 aromatic heterocycles. The zero-order valence-electron chi connectivity index (χ0n) is 14.4. The molecule has 0 saturated heterocycles. The third-order valence-corrected chi connectivity index (χ3v) is 4.15. The SMILES string of the molecule is Cc1cc2c(cc1C)OC(C(=O)Nc1ccc(OCCN)cc1)C2.Cl. The number of hydrogen-bond acceptors (Lipinski definition) is 4. The van der Waals surface area contributed by atoms with Gasteiger partial charge in [-0.1, -0.05) is 6.07 Å². The lowest BCUT2D eigenvalue weighted by Gasteiger charge is -2.12. The van der Waals surface area contributed by atoms with Gasteiger partial charge in [0.2, 0.25) is 0 Å². The Balaban J connectivity index is 0.00000225. The fourth-order valence-corrected chi connectivity index (χ4v) is 2.69. The van der Waals surface area contributed by atoms with Gasteiger partial charge in [0.25, 0.3) is 5.91 Å². The van der Waals surface area contributed by atoms with Crippen molar-refractivity contribution in [2.45, 2.75) is 26.4 Å². The van der Waals surface area contributed by atoms with Crippen LogP contribution in [0, 0.1) is 13.8 Å². The lowest BCUT2D eigenvalue weighted by Crippen LogP contribution is -2.31. The fourth-order valence-electron chi connectivity index (χ4n) is 2.69. The molecule has 1 atom stereocenters. The van der Waals surface area contributed by atoms with Crippen molar-refractivity contribution in [3.05, 3.63) is 53.1 Å². The van der Waals surface area contributed by atoms with Crippen molar-refractivity contribution < 1.29 is 14.3 Å². The highest BCUT2D eigenvalue weighted by Gasteiger charge is 2.29. The highest BCUT2D eigenvalue weighted by molar-refractivity contribution is 5.95. The number of benzene rings is 2. The number of halogens is 1. The third-order valence-electron chi connectivity index (χ3n) is 4.15. The van der Waals surface area contributed by atoms with E-state index in [0.29, 0.717) is 25.3 Å². The summed E-state index contributed by atoms with van der Waals surface area (Å²) in [6, 6.07) is 11.3. The first-order chi connectivity index (χ1) is 11.6. The van der Waals surface area contributed by atoms with Crippen LogP contribution in [-0.2, 0) is 11.2 Å². The van der Waals surface area contributed by atoms with Crippen LogP contribution >= 0.6 is 12.4 Å². The first kappa shape index (κ1) is 19.1. The van der Waals surface area contributed by atoms with Gasteiger partial charge in [-0.25, -0.2) is 0 Å². The minimum absolute atomic E-state index is 0. The van der Waals surface area contributed by atoms with E-state index in [1.807, 2.05) is 25.1 Å². The number of amides is 1. The number of nitrogens with one attached hydrogen (secondary N) is 1. The van der Waals surface area contributed by atoms with E-state index in [1.165, 1.54) is 11.1 Å². The normalized spacial score (nSPS) is 14.9. The van der Waals surface area contributed by atoms with Crippen LogP contribution in [0.1, 0.15) is 16.7 Å². The molecule has 1 aliphatic heterocycles. The van der Waals surface area contributed by atoms with Crippen LogP contribution < -0.4 is 20.5 Å². The van der Waals surface area contributed by atoms with Gasteiger partial charge in [-0.3, -0.25) is 4.79 Å². The average Bonchev–Trinajstić information content (AvgIpc) is 2.97. The molecule has 3 rings (SSSR count). The molecule has 5 nitrogen and oxygen atoms in total. The number of hydrogen-bond donors (Lipinski definition) is 2. The predicted octanol–water partition coefficient (Wildman–Crippen LogP) is 3.00. The molecule has 1 heterocycles. The molecule has 2 aromatic carbocycles. The second-order valence-corrected chi connectivity index (χ2v) is 6.01. The molecule has 2 aromatic rings. The van der Waals surface area contributed by atoms with Crippen molar-refractivity contribution in [2.75, 3.05) is 18.5 Å². The van der Waals surface area contributed by atoms with Crippen LogP contribution in [0.4, 0.5) is 5.69 Å². The van der Waals surface area contributed by atoms with Crippen molar-refractivity contribution in [1.29, 1.82) is 0 Å². The number of aryl methyl sites for hydroxylation is 2. The van der Waals surface area contributed by atoms with Crippen LogP contribution in [0.3, 0.4) is 0 Å². The van der Waals surface area contributed by atoms with E-state index >= 15 is 0 Å². The third kappa shape index (κ3) is 4.44. The Hall–Kier alpha value is -2.24. The van der Waals surface area contributed by atoms with E-state index in [9.17, 15) is 4.79 Å². The van der Waals surface area contributed by atoms with Crippen LogP contribution in [0.5, 0.6) is 11.5 Å². The summed E-state index contributed by atoms with van der Waals surface area (Å²) in [4.78, 5) is 12.4. The summed E-state index contributed by atoms with van der Waals surface area (Å²) in [6.45, 7) is 5.05. The number of nitrogens with two attached hydrogens (primary N) is 1. The van der Waals surface area contributed by atoms with Crippen molar-refractivity contribution in [2.24, 2.45) is 5.73 Å². The molecule has 1 unspecified atom stereocenters. The summed E-state index contributed by atoms with van der Waals surface area (Å²) < 4.78 is 11.2. The monoisotopic (exact) mass is 362 g/mol. The standard InChI is InChI=1S/C19H22N2O3.ClH/c1-12-9-14-11-18(24-17(14)10-13(12)2)19(22)21-15-3-5-16(6-4-15)23-8-7-20;/h3-6,9-10,18H,7-8,11,20H2,1-2H3,(H,21,22);1H. The number of fused-ring (bicyclic) bond motifs is 1. The maximum atomic E-state index is 12.4. The second kappa shape index (κ2) is 8.23. The highest BCUT2D eigenvalue weighted by atomic mass is 35.5. The lowest BCUT2D eigenvalue weighted by atomic mass is 10.0. The summed E-state index contributed by atoms with van der Waals surface area (Å²) in [5.74, 6) is 1.40. The number of rotatable bonds is 5. The Morgan fingerprint density at radius 2 is 1.92 bits per heavy atom. The first-order valence-electron chi connectivity index (χ1n) is 8.07. The van der Waals surface area contributed by atoms with Crippen LogP contribution in [0.25, 0.3) is 0 Å². The van der Waals surface area contributed by atoms with E-state index in [2.05, 4.69) is 18.3 Å². The van der Waals surface area contributed by atoms with Crippen molar-refractivity contribution >= 4 is 24.0 Å². The quantitative estimate of drug-likeness (QED) is 0.857. The van der Waals surface area contributed by atoms with Gasteiger partial charge in [-0.2, -0.15) is 0 Å². The number of carbonyl (C=O) groups excluding carboxylic acids is 1. The molecule has 0 radical (unpaired) electrons. The lowest BCUT2D eigenvalue weighted by molar-refractivity contribution is -0.122. The van der Waals surface area contributed by atoms with Gasteiger partial charge in [-0.05, 0) is 60.9 Å². The van der Waals surface area contributed by atoms with Gasteiger partial charge < -0.3 is 20.5 Å². The molecule has 0 bridgehead atoms. The van der Waals surface area contributed by atoms with Gasteiger partial charge in [0.1, 0.15) is 18.1 Å². The first-order valence-corrected chi connectivity index (χ1v) is 8.07.